The van der Waals surface area contributed by atoms with E-state index < -0.39 is 9.84 Å². The van der Waals surface area contributed by atoms with Gasteiger partial charge < -0.3 is 4.90 Å². The lowest BCUT2D eigenvalue weighted by atomic mass is 10.1. The van der Waals surface area contributed by atoms with Gasteiger partial charge in [-0.25, -0.2) is 8.42 Å². The number of benzene rings is 1. The first-order valence-electron chi connectivity index (χ1n) is 5.80. The lowest BCUT2D eigenvalue weighted by Crippen LogP contribution is -2.49. The van der Waals surface area contributed by atoms with E-state index in [4.69, 9.17) is 0 Å². The Bertz CT molecular complexity index is 615. The number of sulfone groups is 1. The third kappa shape index (κ3) is 3.32. The summed E-state index contributed by atoms with van der Waals surface area (Å²) in [6.45, 7) is 2.00. The molecule has 0 saturated carbocycles. The van der Waals surface area contributed by atoms with Gasteiger partial charge in [0.25, 0.3) is 5.91 Å². The topological polar surface area (TPSA) is 54.5 Å². The fraction of sp³-hybridized carbons (Fsp3) is 0.417. The molecule has 0 spiro atoms. The molecule has 1 aromatic carbocycles. The van der Waals surface area contributed by atoms with Crippen molar-refractivity contribution in [3.63, 3.8) is 0 Å². The third-order valence-electron chi connectivity index (χ3n) is 3.12. The van der Waals surface area contributed by atoms with Gasteiger partial charge in [0.2, 0.25) is 0 Å². The van der Waals surface area contributed by atoms with Crippen LogP contribution in [0.5, 0.6) is 0 Å². The molecule has 0 bridgehead atoms. The van der Waals surface area contributed by atoms with Crippen molar-refractivity contribution in [1.82, 2.24) is 4.90 Å². The zero-order valence-corrected chi connectivity index (χ0v) is 13.6. The van der Waals surface area contributed by atoms with Crippen molar-refractivity contribution in [3.8, 4) is 0 Å². The Morgan fingerprint density at radius 3 is 2.74 bits per heavy atom. The molecule has 0 aliphatic carbocycles. The fourth-order valence-electron chi connectivity index (χ4n) is 2.14. The number of halogens is 1. The van der Waals surface area contributed by atoms with Crippen molar-refractivity contribution >= 4 is 44.3 Å². The number of carbonyl (C=O) groups excluding carboxylic acids is 1. The maximum Gasteiger partial charge on any atom is 0.255 e. The predicted molar refractivity (Wildman–Crippen MR) is 80.5 cm³/mol. The molecular weight excluding hydrogens is 350 g/mol. The molecule has 7 heteroatoms. The summed E-state index contributed by atoms with van der Waals surface area (Å²) in [5.41, 5.74) is 0.498. The van der Waals surface area contributed by atoms with E-state index in [1.165, 1.54) is 0 Å². The normalized spacial score (nSPS) is 22.3. The zero-order chi connectivity index (χ0) is 14.2. The highest BCUT2D eigenvalue weighted by atomic mass is 79.9. The van der Waals surface area contributed by atoms with E-state index in [2.05, 4.69) is 28.6 Å². The van der Waals surface area contributed by atoms with Gasteiger partial charge in [-0.1, -0.05) is 15.9 Å². The first kappa shape index (κ1) is 14.9. The van der Waals surface area contributed by atoms with Crippen LogP contribution in [0.15, 0.2) is 27.6 Å². The van der Waals surface area contributed by atoms with Crippen molar-refractivity contribution in [1.29, 1.82) is 0 Å². The second kappa shape index (κ2) is 5.46. The van der Waals surface area contributed by atoms with E-state index in [-0.39, 0.29) is 30.0 Å². The molecule has 1 aliphatic heterocycles. The molecule has 0 N–H and O–H groups in total. The standard InChI is InChI=1S/C12H14BrNO3S2/c1-8-7-19(16,17)5-4-14(8)12(15)10-3-2-9(13)6-11(10)18/h2-3,6,8,18H,4-5,7H2,1H3. The Kier molecular flexibility index (Phi) is 4.27. The Morgan fingerprint density at radius 1 is 1.47 bits per heavy atom. The van der Waals surface area contributed by atoms with E-state index in [9.17, 15) is 13.2 Å². The highest BCUT2D eigenvalue weighted by molar-refractivity contribution is 9.10. The number of rotatable bonds is 1. The van der Waals surface area contributed by atoms with E-state index in [0.717, 1.165) is 4.47 Å². The van der Waals surface area contributed by atoms with Gasteiger partial charge in [-0.3, -0.25) is 4.79 Å². The van der Waals surface area contributed by atoms with Crippen molar-refractivity contribution in [2.45, 2.75) is 17.9 Å². The van der Waals surface area contributed by atoms with Crippen molar-refractivity contribution in [3.05, 3.63) is 28.2 Å². The van der Waals surface area contributed by atoms with E-state index in [0.29, 0.717) is 10.5 Å². The lowest BCUT2D eigenvalue weighted by molar-refractivity contribution is 0.0709. The number of nitrogens with zero attached hydrogens (tertiary/aromatic N) is 1. The van der Waals surface area contributed by atoms with Crippen LogP contribution in [-0.4, -0.2) is 43.3 Å². The largest absolute Gasteiger partial charge is 0.334 e. The van der Waals surface area contributed by atoms with E-state index in [1.54, 1.807) is 30.0 Å². The summed E-state index contributed by atoms with van der Waals surface area (Å²) in [6.07, 6.45) is 0. The summed E-state index contributed by atoms with van der Waals surface area (Å²) in [5.74, 6) is -0.113. The van der Waals surface area contributed by atoms with Crippen LogP contribution in [-0.2, 0) is 9.84 Å². The van der Waals surface area contributed by atoms with Gasteiger partial charge in [-0.15, -0.1) is 12.6 Å². The molecule has 4 nitrogen and oxygen atoms in total. The molecule has 1 heterocycles. The minimum atomic E-state index is -3.02. The lowest BCUT2D eigenvalue weighted by Gasteiger charge is -2.33. The van der Waals surface area contributed by atoms with Gasteiger partial charge in [0.15, 0.2) is 9.84 Å². The van der Waals surface area contributed by atoms with Crippen LogP contribution in [0, 0.1) is 0 Å². The molecule has 1 aliphatic rings. The zero-order valence-electron chi connectivity index (χ0n) is 10.3. The molecule has 1 fully saturated rings. The van der Waals surface area contributed by atoms with Crippen molar-refractivity contribution < 1.29 is 13.2 Å². The first-order chi connectivity index (χ1) is 8.80. The quantitative estimate of drug-likeness (QED) is 0.776. The summed E-state index contributed by atoms with van der Waals surface area (Å²) in [5, 5.41) is 0. The molecule has 1 unspecified atom stereocenters. The van der Waals surface area contributed by atoms with Crippen LogP contribution in [0.4, 0.5) is 0 Å². The molecule has 1 aromatic rings. The summed E-state index contributed by atoms with van der Waals surface area (Å²) in [6, 6.07) is 4.92. The van der Waals surface area contributed by atoms with Crippen LogP contribution in [0.25, 0.3) is 0 Å². The van der Waals surface area contributed by atoms with Gasteiger partial charge >= 0.3 is 0 Å². The maximum absolute atomic E-state index is 12.4. The summed E-state index contributed by atoms with van der Waals surface area (Å²) >= 11 is 7.61. The molecule has 0 aromatic heterocycles. The summed E-state index contributed by atoms with van der Waals surface area (Å²) < 4.78 is 23.9. The predicted octanol–water partition coefficient (Wildman–Crippen LogP) is 2.00. The van der Waals surface area contributed by atoms with E-state index >= 15 is 0 Å². The fourth-order valence-corrected chi connectivity index (χ4v) is 4.54. The van der Waals surface area contributed by atoms with Crippen LogP contribution in [0.2, 0.25) is 0 Å². The molecule has 1 atom stereocenters. The smallest absolute Gasteiger partial charge is 0.255 e. The van der Waals surface area contributed by atoms with Gasteiger partial charge in [-0.2, -0.15) is 0 Å². The van der Waals surface area contributed by atoms with Gasteiger partial charge in [0.1, 0.15) is 0 Å². The monoisotopic (exact) mass is 363 g/mol. The van der Waals surface area contributed by atoms with Gasteiger partial charge in [-0.05, 0) is 25.1 Å². The second-order valence-electron chi connectivity index (χ2n) is 4.62. The minimum absolute atomic E-state index is 0.0250. The first-order valence-corrected chi connectivity index (χ1v) is 8.86. The average Bonchev–Trinajstić information content (AvgIpc) is 2.26. The van der Waals surface area contributed by atoms with Gasteiger partial charge in [0, 0.05) is 22.0 Å². The molecule has 1 amide bonds. The van der Waals surface area contributed by atoms with Crippen molar-refractivity contribution in [2.24, 2.45) is 0 Å². The minimum Gasteiger partial charge on any atom is -0.334 e. The highest BCUT2D eigenvalue weighted by Gasteiger charge is 2.32. The Morgan fingerprint density at radius 2 is 2.16 bits per heavy atom. The second-order valence-corrected chi connectivity index (χ2v) is 8.25. The van der Waals surface area contributed by atoms with Crippen LogP contribution < -0.4 is 0 Å². The third-order valence-corrected chi connectivity index (χ3v) is 5.78. The van der Waals surface area contributed by atoms with Crippen molar-refractivity contribution in [2.75, 3.05) is 18.1 Å². The Balaban J connectivity index is 2.25. The van der Waals surface area contributed by atoms with E-state index in [1.807, 2.05) is 0 Å². The molecule has 0 radical (unpaired) electrons. The number of thiol groups is 1. The summed E-state index contributed by atoms with van der Waals surface area (Å²) in [7, 11) is -3.02. The number of hydrogen-bond acceptors (Lipinski definition) is 4. The molecular formula is C12H14BrNO3S2. The molecule has 2 rings (SSSR count). The summed E-state index contributed by atoms with van der Waals surface area (Å²) in [4.78, 5) is 14.6. The SMILES string of the molecule is CC1CS(=O)(=O)CCN1C(=O)c1ccc(Br)cc1S. The van der Waals surface area contributed by atoms with Gasteiger partial charge in [0.05, 0.1) is 17.1 Å². The average molecular weight is 364 g/mol. The molecule has 1 saturated heterocycles. The van der Waals surface area contributed by atoms with Crippen LogP contribution in [0.1, 0.15) is 17.3 Å². The van der Waals surface area contributed by atoms with Crippen LogP contribution >= 0.6 is 28.6 Å². The maximum atomic E-state index is 12.4. The Labute approximate surface area is 126 Å². The molecule has 104 valence electrons. The number of amides is 1. The number of hydrogen-bond donors (Lipinski definition) is 1. The highest BCUT2D eigenvalue weighted by Crippen LogP contribution is 2.23. The number of carbonyl (C=O) groups is 1. The van der Waals surface area contributed by atoms with Crippen LogP contribution in [0.3, 0.4) is 0 Å². The molecule has 19 heavy (non-hydrogen) atoms. The Hall–Kier alpha value is -0.530.